The molecule has 1 saturated heterocycles. The van der Waals surface area contributed by atoms with Crippen molar-refractivity contribution < 1.29 is 8.42 Å². The highest BCUT2D eigenvalue weighted by molar-refractivity contribution is 7.89. The van der Waals surface area contributed by atoms with Gasteiger partial charge in [-0.3, -0.25) is 4.68 Å². The SMILES string of the molecule is Cc1nn(C)cc1S(=O)(=O)N1CCN[C@H](C)C1. The summed E-state index contributed by atoms with van der Waals surface area (Å²) in [5.41, 5.74) is 0.554. The van der Waals surface area contributed by atoms with Crippen LogP contribution in [0.5, 0.6) is 0 Å². The highest BCUT2D eigenvalue weighted by atomic mass is 32.2. The van der Waals surface area contributed by atoms with Crippen molar-refractivity contribution in [1.82, 2.24) is 19.4 Å². The lowest BCUT2D eigenvalue weighted by Crippen LogP contribution is -2.51. The zero-order chi connectivity index (χ0) is 12.6. The Labute approximate surface area is 102 Å². The lowest BCUT2D eigenvalue weighted by atomic mass is 10.3. The van der Waals surface area contributed by atoms with E-state index < -0.39 is 10.0 Å². The normalized spacial score (nSPS) is 22.9. The van der Waals surface area contributed by atoms with E-state index in [1.807, 2.05) is 6.92 Å². The molecule has 7 heteroatoms. The van der Waals surface area contributed by atoms with Crippen LogP contribution in [0.15, 0.2) is 11.1 Å². The maximum Gasteiger partial charge on any atom is 0.246 e. The van der Waals surface area contributed by atoms with Crippen molar-refractivity contribution in [3.05, 3.63) is 11.9 Å². The molecule has 2 rings (SSSR count). The van der Waals surface area contributed by atoms with E-state index in [1.165, 1.54) is 8.99 Å². The molecule has 1 aliphatic rings. The predicted molar refractivity (Wildman–Crippen MR) is 64.2 cm³/mol. The number of hydrogen-bond acceptors (Lipinski definition) is 4. The first-order chi connectivity index (χ1) is 7.91. The van der Waals surface area contributed by atoms with Gasteiger partial charge >= 0.3 is 0 Å². The summed E-state index contributed by atoms with van der Waals surface area (Å²) in [6.07, 6.45) is 1.57. The Hall–Kier alpha value is -0.920. The van der Waals surface area contributed by atoms with Crippen LogP contribution in [0.1, 0.15) is 12.6 Å². The van der Waals surface area contributed by atoms with Crippen LogP contribution in [0.25, 0.3) is 0 Å². The Morgan fingerprint density at radius 3 is 2.76 bits per heavy atom. The number of hydrogen-bond donors (Lipinski definition) is 1. The summed E-state index contributed by atoms with van der Waals surface area (Å²) in [6.45, 7) is 5.42. The van der Waals surface area contributed by atoms with Gasteiger partial charge in [-0.05, 0) is 13.8 Å². The Kier molecular flexibility index (Phi) is 3.24. The first-order valence-corrected chi connectivity index (χ1v) is 7.09. The van der Waals surface area contributed by atoms with E-state index in [0.29, 0.717) is 30.2 Å². The third-order valence-corrected chi connectivity index (χ3v) is 4.89. The van der Waals surface area contributed by atoms with Gasteiger partial charge in [-0.15, -0.1) is 0 Å². The third kappa shape index (κ3) is 2.36. The van der Waals surface area contributed by atoms with E-state index in [1.54, 1.807) is 20.2 Å². The molecule has 1 aromatic heterocycles. The molecule has 0 saturated carbocycles. The smallest absolute Gasteiger partial charge is 0.246 e. The first kappa shape index (κ1) is 12.5. The lowest BCUT2D eigenvalue weighted by Gasteiger charge is -2.30. The Balaban J connectivity index is 2.33. The molecule has 6 nitrogen and oxygen atoms in total. The molecule has 1 atom stereocenters. The van der Waals surface area contributed by atoms with Gasteiger partial charge in [0.1, 0.15) is 4.90 Å². The topological polar surface area (TPSA) is 67.2 Å². The molecule has 0 aliphatic carbocycles. The number of nitrogens with one attached hydrogen (secondary N) is 1. The minimum atomic E-state index is -3.39. The molecule has 0 spiro atoms. The van der Waals surface area contributed by atoms with Crippen molar-refractivity contribution in [1.29, 1.82) is 0 Å². The molecule has 1 N–H and O–H groups in total. The van der Waals surface area contributed by atoms with Gasteiger partial charge < -0.3 is 5.32 Å². The molecule has 0 radical (unpaired) electrons. The van der Waals surface area contributed by atoms with Gasteiger partial charge in [-0.1, -0.05) is 0 Å². The van der Waals surface area contributed by atoms with Crippen LogP contribution in [-0.2, 0) is 17.1 Å². The van der Waals surface area contributed by atoms with Gasteiger partial charge in [0.15, 0.2) is 0 Å². The van der Waals surface area contributed by atoms with E-state index in [-0.39, 0.29) is 6.04 Å². The van der Waals surface area contributed by atoms with Crippen molar-refractivity contribution in [2.75, 3.05) is 19.6 Å². The highest BCUT2D eigenvalue weighted by Gasteiger charge is 2.30. The molecule has 1 aliphatic heterocycles. The number of sulfonamides is 1. The summed E-state index contributed by atoms with van der Waals surface area (Å²) < 4.78 is 27.9. The predicted octanol–water partition coefficient (Wildman–Crippen LogP) is -0.289. The van der Waals surface area contributed by atoms with Crippen molar-refractivity contribution in [2.24, 2.45) is 7.05 Å². The first-order valence-electron chi connectivity index (χ1n) is 5.65. The highest BCUT2D eigenvalue weighted by Crippen LogP contribution is 2.19. The van der Waals surface area contributed by atoms with Crippen LogP contribution in [0, 0.1) is 6.92 Å². The second-order valence-corrected chi connectivity index (χ2v) is 6.38. The number of piperazine rings is 1. The fourth-order valence-electron chi connectivity index (χ4n) is 2.09. The maximum atomic E-state index is 12.4. The molecule has 96 valence electrons. The van der Waals surface area contributed by atoms with E-state index >= 15 is 0 Å². The van der Waals surface area contributed by atoms with Gasteiger partial charge in [0.25, 0.3) is 0 Å². The van der Waals surface area contributed by atoms with Crippen LogP contribution in [0.4, 0.5) is 0 Å². The standard InChI is InChI=1S/C10H18N4O2S/c1-8-6-14(5-4-11-8)17(15,16)10-7-13(3)12-9(10)2/h7-8,11H,4-6H2,1-3H3/t8-/m1/s1. The van der Waals surface area contributed by atoms with Crippen LogP contribution < -0.4 is 5.32 Å². The summed E-state index contributed by atoms with van der Waals surface area (Å²) in [6, 6.07) is 0.190. The molecule has 2 heterocycles. The van der Waals surface area contributed by atoms with E-state index in [9.17, 15) is 8.42 Å². The Morgan fingerprint density at radius 2 is 2.24 bits per heavy atom. The average Bonchev–Trinajstić information content (AvgIpc) is 2.58. The van der Waals surface area contributed by atoms with Gasteiger partial charge in [0.2, 0.25) is 10.0 Å². The number of aryl methyl sites for hydroxylation is 2. The molecule has 0 bridgehead atoms. The van der Waals surface area contributed by atoms with Crippen molar-refractivity contribution in [3.8, 4) is 0 Å². The monoisotopic (exact) mass is 258 g/mol. The van der Waals surface area contributed by atoms with Crippen molar-refractivity contribution in [3.63, 3.8) is 0 Å². The second-order valence-electron chi connectivity index (χ2n) is 4.47. The number of rotatable bonds is 2. The van der Waals surface area contributed by atoms with Crippen LogP contribution >= 0.6 is 0 Å². The molecule has 0 aromatic carbocycles. The van der Waals surface area contributed by atoms with E-state index in [2.05, 4.69) is 10.4 Å². The zero-order valence-electron chi connectivity index (χ0n) is 10.3. The van der Waals surface area contributed by atoms with Crippen LogP contribution in [0.3, 0.4) is 0 Å². The van der Waals surface area contributed by atoms with Crippen LogP contribution in [0.2, 0.25) is 0 Å². The molecule has 17 heavy (non-hydrogen) atoms. The lowest BCUT2D eigenvalue weighted by molar-refractivity contribution is 0.310. The summed E-state index contributed by atoms with van der Waals surface area (Å²) in [5, 5.41) is 7.31. The van der Waals surface area contributed by atoms with Gasteiger partial charge in [0, 0.05) is 38.9 Å². The third-order valence-electron chi connectivity index (χ3n) is 2.92. The van der Waals surface area contributed by atoms with Crippen molar-refractivity contribution >= 4 is 10.0 Å². The summed E-state index contributed by atoms with van der Waals surface area (Å²) >= 11 is 0. The van der Waals surface area contributed by atoms with Gasteiger partial charge in [-0.25, -0.2) is 8.42 Å². The van der Waals surface area contributed by atoms with E-state index in [0.717, 1.165) is 0 Å². The fourth-order valence-corrected chi connectivity index (χ4v) is 3.82. The summed E-state index contributed by atoms with van der Waals surface area (Å²) in [5.74, 6) is 0. The molecular weight excluding hydrogens is 240 g/mol. The number of aromatic nitrogens is 2. The zero-order valence-corrected chi connectivity index (χ0v) is 11.2. The largest absolute Gasteiger partial charge is 0.312 e. The molecular formula is C10H18N4O2S. The molecule has 1 aromatic rings. The Bertz CT molecular complexity index is 508. The molecule has 0 amide bonds. The quantitative estimate of drug-likeness (QED) is 0.791. The number of nitrogens with zero attached hydrogens (tertiary/aromatic N) is 3. The van der Waals surface area contributed by atoms with Crippen LogP contribution in [-0.4, -0.2) is 48.2 Å². The minimum Gasteiger partial charge on any atom is -0.312 e. The maximum absolute atomic E-state index is 12.4. The minimum absolute atomic E-state index is 0.190. The van der Waals surface area contributed by atoms with Gasteiger partial charge in [-0.2, -0.15) is 9.40 Å². The molecule has 0 unspecified atom stereocenters. The second kappa shape index (κ2) is 4.40. The summed E-state index contributed by atoms with van der Waals surface area (Å²) in [7, 11) is -1.67. The Morgan fingerprint density at radius 1 is 1.53 bits per heavy atom. The summed E-state index contributed by atoms with van der Waals surface area (Å²) in [4.78, 5) is 0.314. The molecule has 1 fully saturated rings. The van der Waals surface area contributed by atoms with E-state index in [4.69, 9.17) is 0 Å². The fraction of sp³-hybridized carbons (Fsp3) is 0.700. The average molecular weight is 258 g/mol. The van der Waals surface area contributed by atoms with Crippen molar-refractivity contribution in [2.45, 2.75) is 24.8 Å². The van der Waals surface area contributed by atoms with Gasteiger partial charge in [0.05, 0.1) is 5.69 Å².